The molecule has 1 aliphatic rings. The molecule has 1 atom stereocenters. The van der Waals surface area contributed by atoms with Crippen LogP contribution in [0.25, 0.3) is 10.9 Å². The number of carbonyl (C=O) groups excluding carboxylic acids is 1. The topological polar surface area (TPSA) is 46.1 Å². The molecule has 104 valence electrons. The molecular weight excluding hydrogens is 250 g/mol. The molecule has 0 aliphatic carbocycles. The fourth-order valence-electron chi connectivity index (χ4n) is 2.69. The lowest BCUT2D eigenvalue weighted by molar-refractivity contribution is -0.121. The molecule has 0 fully saturated rings. The van der Waals surface area contributed by atoms with E-state index in [2.05, 4.69) is 40.3 Å². The highest BCUT2D eigenvalue weighted by Gasteiger charge is 2.16. The summed E-state index contributed by atoms with van der Waals surface area (Å²) in [5, 5.41) is 7.34. The van der Waals surface area contributed by atoms with E-state index in [0.717, 1.165) is 13.1 Å². The van der Waals surface area contributed by atoms with E-state index in [9.17, 15) is 4.79 Å². The van der Waals surface area contributed by atoms with Crippen molar-refractivity contribution in [2.75, 3.05) is 13.1 Å². The highest BCUT2D eigenvalue weighted by Crippen LogP contribution is 2.18. The Labute approximate surface area is 118 Å². The van der Waals surface area contributed by atoms with E-state index in [1.165, 1.54) is 16.6 Å². The monoisotopic (exact) mass is 269 g/mol. The molecule has 2 aromatic rings. The molecule has 1 aliphatic heterocycles. The molecule has 1 unspecified atom stereocenters. The van der Waals surface area contributed by atoms with Crippen molar-refractivity contribution in [2.45, 2.75) is 19.5 Å². The minimum atomic E-state index is -0.169. The van der Waals surface area contributed by atoms with Gasteiger partial charge >= 0.3 is 0 Å². The zero-order chi connectivity index (χ0) is 13.9. The Bertz CT molecular complexity index is 657. The molecule has 1 aromatic heterocycles. The Balaban J connectivity index is 1.64. The third kappa shape index (κ3) is 2.47. The van der Waals surface area contributed by atoms with Crippen molar-refractivity contribution < 1.29 is 4.79 Å². The van der Waals surface area contributed by atoms with Crippen molar-refractivity contribution in [1.29, 1.82) is 0 Å². The van der Waals surface area contributed by atoms with Gasteiger partial charge in [-0.2, -0.15) is 0 Å². The summed E-state index contributed by atoms with van der Waals surface area (Å²) in [6, 6.07) is 10.3. The highest BCUT2D eigenvalue weighted by molar-refractivity contribution is 5.84. The van der Waals surface area contributed by atoms with Crippen molar-refractivity contribution in [3.05, 3.63) is 48.2 Å². The van der Waals surface area contributed by atoms with Gasteiger partial charge in [-0.1, -0.05) is 30.4 Å². The normalized spacial score (nSPS) is 17.8. The first-order chi connectivity index (χ1) is 9.75. The second-order valence-electron chi connectivity index (χ2n) is 5.10. The molecule has 0 spiro atoms. The largest absolute Gasteiger partial charge is 0.353 e. The van der Waals surface area contributed by atoms with Crippen LogP contribution in [0.15, 0.2) is 42.5 Å². The molecular formula is C16H19N3O. The van der Waals surface area contributed by atoms with Crippen LogP contribution in [0.1, 0.15) is 5.69 Å². The van der Waals surface area contributed by atoms with Gasteiger partial charge in [0, 0.05) is 30.8 Å². The molecule has 0 saturated heterocycles. The minimum absolute atomic E-state index is 0.0489. The van der Waals surface area contributed by atoms with Gasteiger partial charge in [0.05, 0.1) is 0 Å². The Morgan fingerprint density at radius 2 is 2.30 bits per heavy atom. The number of para-hydroxylation sites is 1. The number of aryl methyl sites for hydroxylation is 1. The van der Waals surface area contributed by atoms with Crippen LogP contribution in [-0.4, -0.2) is 29.6 Å². The van der Waals surface area contributed by atoms with Gasteiger partial charge in [-0.15, -0.1) is 0 Å². The maximum Gasteiger partial charge on any atom is 0.241 e. The van der Waals surface area contributed by atoms with E-state index in [1.54, 1.807) is 0 Å². The predicted molar refractivity (Wildman–Crippen MR) is 80.6 cm³/mol. The van der Waals surface area contributed by atoms with Gasteiger partial charge in [-0.05, 0) is 24.4 Å². The summed E-state index contributed by atoms with van der Waals surface area (Å²) in [5.74, 6) is 0.0489. The standard InChI is InChI=1S/C16H19N3O/c1-12-11-13-5-2-3-7-15(13)19(12)10-9-18-16(20)14-6-4-8-17-14/h2-7,11,14,17H,8-10H2,1H3,(H,18,20). The number of nitrogens with zero attached hydrogens (tertiary/aromatic N) is 1. The molecule has 3 rings (SSSR count). The number of nitrogens with one attached hydrogen (secondary N) is 2. The first-order valence-electron chi connectivity index (χ1n) is 6.98. The van der Waals surface area contributed by atoms with Crippen LogP contribution in [0.2, 0.25) is 0 Å². The molecule has 4 heteroatoms. The third-order valence-corrected chi connectivity index (χ3v) is 3.72. The number of amides is 1. The van der Waals surface area contributed by atoms with Crippen LogP contribution in [0, 0.1) is 6.92 Å². The van der Waals surface area contributed by atoms with E-state index in [-0.39, 0.29) is 11.9 Å². The molecule has 4 nitrogen and oxygen atoms in total. The number of hydrogen-bond donors (Lipinski definition) is 2. The summed E-state index contributed by atoms with van der Waals surface area (Å²) in [6.45, 7) is 4.31. The van der Waals surface area contributed by atoms with E-state index >= 15 is 0 Å². The highest BCUT2D eigenvalue weighted by atomic mass is 16.2. The van der Waals surface area contributed by atoms with Crippen molar-refractivity contribution in [1.82, 2.24) is 15.2 Å². The van der Waals surface area contributed by atoms with Gasteiger partial charge in [-0.25, -0.2) is 0 Å². The number of carbonyl (C=O) groups is 1. The van der Waals surface area contributed by atoms with Gasteiger partial charge < -0.3 is 9.88 Å². The second kappa shape index (κ2) is 5.51. The zero-order valence-electron chi connectivity index (χ0n) is 11.6. The lowest BCUT2D eigenvalue weighted by Crippen LogP contribution is -2.41. The lowest BCUT2D eigenvalue weighted by atomic mass is 10.2. The van der Waals surface area contributed by atoms with Crippen LogP contribution in [-0.2, 0) is 11.3 Å². The SMILES string of the molecule is Cc1cc2ccccc2n1CCNC(=O)C1C=CCN1. The van der Waals surface area contributed by atoms with E-state index in [0.29, 0.717) is 6.54 Å². The van der Waals surface area contributed by atoms with Crippen LogP contribution < -0.4 is 10.6 Å². The summed E-state index contributed by atoms with van der Waals surface area (Å²) in [4.78, 5) is 11.9. The molecule has 2 heterocycles. The van der Waals surface area contributed by atoms with Gasteiger partial charge in [0.15, 0.2) is 0 Å². The fraction of sp³-hybridized carbons (Fsp3) is 0.312. The van der Waals surface area contributed by atoms with Gasteiger partial charge in [-0.3, -0.25) is 10.1 Å². The molecule has 0 radical (unpaired) electrons. The number of benzene rings is 1. The van der Waals surface area contributed by atoms with Crippen LogP contribution in [0.5, 0.6) is 0 Å². The van der Waals surface area contributed by atoms with Crippen molar-refractivity contribution in [3.63, 3.8) is 0 Å². The molecule has 20 heavy (non-hydrogen) atoms. The van der Waals surface area contributed by atoms with Gasteiger partial charge in [0.25, 0.3) is 0 Å². The molecule has 2 N–H and O–H groups in total. The Hall–Kier alpha value is -2.07. The van der Waals surface area contributed by atoms with Crippen LogP contribution in [0.4, 0.5) is 0 Å². The Kier molecular flexibility index (Phi) is 3.56. The maximum atomic E-state index is 11.9. The number of aromatic nitrogens is 1. The molecule has 0 saturated carbocycles. The van der Waals surface area contributed by atoms with E-state index < -0.39 is 0 Å². The minimum Gasteiger partial charge on any atom is -0.353 e. The third-order valence-electron chi connectivity index (χ3n) is 3.72. The first kappa shape index (κ1) is 12.9. The second-order valence-corrected chi connectivity index (χ2v) is 5.10. The summed E-state index contributed by atoms with van der Waals surface area (Å²) in [7, 11) is 0. The fourth-order valence-corrected chi connectivity index (χ4v) is 2.69. The van der Waals surface area contributed by atoms with E-state index in [4.69, 9.17) is 0 Å². The zero-order valence-corrected chi connectivity index (χ0v) is 11.6. The average molecular weight is 269 g/mol. The maximum absolute atomic E-state index is 11.9. The molecule has 0 bridgehead atoms. The van der Waals surface area contributed by atoms with Crippen LogP contribution >= 0.6 is 0 Å². The average Bonchev–Trinajstić information content (AvgIpc) is 3.07. The smallest absolute Gasteiger partial charge is 0.241 e. The van der Waals surface area contributed by atoms with Crippen LogP contribution in [0.3, 0.4) is 0 Å². The van der Waals surface area contributed by atoms with Crippen molar-refractivity contribution in [3.8, 4) is 0 Å². The summed E-state index contributed by atoms with van der Waals surface area (Å²) >= 11 is 0. The van der Waals surface area contributed by atoms with Crippen molar-refractivity contribution >= 4 is 16.8 Å². The van der Waals surface area contributed by atoms with E-state index in [1.807, 2.05) is 24.3 Å². The first-order valence-corrected chi connectivity index (χ1v) is 6.98. The van der Waals surface area contributed by atoms with Gasteiger partial charge in [0.2, 0.25) is 5.91 Å². The predicted octanol–water partition coefficient (Wildman–Crippen LogP) is 1.59. The number of rotatable bonds is 4. The van der Waals surface area contributed by atoms with Gasteiger partial charge in [0.1, 0.15) is 6.04 Å². The molecule has 1 aromatic carbocycles. The number of hydrogen-bond acceptors (Lipinski definition) is 2. The molecule has 1 amide bonds. The Morgan fingerprint density at radius 3 is 3.10 bits per heavy atom. The number of fused-ring (bicyclic) bond motifs is 1. The quantitative estimate of drug-likeness (QED) is 0.828. The summed E-state index contributed by atoms with van der Waals surface area (Å²) < 4.78 is 2.24. The summed E-state index contributed by atoms with van der Waals surface area (Å²) in [6.07, 6.45) is 3.89. The lowest BCUT2D eigenvalue weighted by Gasteiger charge is -2.12. The summed E-state index contributed by atoms with van der Waals surface area (Å²) in [5.41, 5.74) is 2.44. The van der Waals surface area contributed by atoms with Crippen molar-refractivity contribution in [2.24, 2.45) is 0 Å². The Morgan fingerprint density at radius 1 is 1.45 bits per heavy atom.